The third-order valence-corrected chi connectivity index (χ3v) is 2.86. The molecular weight excluding hydrogens is 301 g/mol. The van der Waals surface area contributed by atoms with E-state index in [1.807, 2.05) is 0 Å². The fourth-order valence-corrected chi connectivity index (χ4v) is 1.87. The fourth-order valence-electron chi connectivity index (χ4n) is 1.69. The molecule has 20 heavy (non-hydrogen) atoms. The van der Waals surface area contributed by atoms with E-state index in [2.05, 4.69) is 15.3 Å². The number of carbonyl (C=O) groups excluding carboxylic acids is 2. The van der Waals surface area contributed by atoms with Crippen LogP contribution in [-0.2, 0) is 15.8 Å². The van der Waals surface area contributed by atoms with Crippen LogP contribution >= 0.6 is 11.6 Å². The average Bonchev–Trinajstić information content (AvgIpc) is 2.32. The lowest BCUT2D eigenvalue weighted by Gasteiger charge is -2.32. The van der Waals surface area contributed by atoms with E-state index in [1.54, 1.807) is 0 Å². The van der Waals surface area contributed by atoms with Gasteiger partial charge in [-0.3, -0.25) is 14.9 Å². The van der Waals surface area contributed by atoms with Crippen molar-refractivity contribution in [2.75, 3.05) is 11.4 Å². The Morgan fingerprint density at radius 2 is 2.05 bits per heavy atom. The number of piperazine rings is 1. The summed E-state index contributed by atoms with van der Waals surface area (Å²) in [5.41, 5.74) is -1.24. The second-order valence-corrected chi connectivity index (χ2v) is 4.43. The van der Waals surface area contributed by atoms with Gasteiger partial charge in [-0.1, -0.05) is 0 Å². The zero-order chi connectivity index (χ0) is 15.1. The summed E-state index contributed by atoms with van der Waals surface area (Å²) in [5.74, 6) is -1.48. The minimum Gasteiger partial charge on any atom is -0.335 e. The topological polar surface area (TPSA) is 75.2 Å². The van der Waals surface area contributed by atoms with Crippen molar-refractivity contribution in [2.24, 2.45) is 0 Å². The second-order valence-electron chi connectivity index (χ2n) is 4.09. The van der Waals surface area contributed by atoms with E-state index in [1.165, 1.54) is 6.92 Å². The van der Waals surface area contributed by atoms with Gasteiger partial charge in [-0.05, 0) is 18.5 Å². The molecule has 108 valence electrons. The first kappa shape index (κ1) is 14.5. The molecule has 1 fully saturated rings. The van der Waals surface area contributed by atoms with Crippen LogP contribution in [0.5, 0.6) is 0 Å². The second kappa shape index (κ2) is 4.89. The van der Waals surface area contributed by atoms with Gasteiger partial charge in [0.25, 0.3) is 0 Å². The molecular formula is C10H8ClF3N4O2. The van der Waals surface area contributed by atoms with Gasteiger partial charge in [0.05, 0.1) is 6.54 Å². The summed E-state index contributed by atoms with van der Waals surface area (Å²) in [7, 11) is 0. The molecule has 1 aromatic heterocycles. The molecule has 1 unspecified atom stereocenters. The maximum Gasteiger partial charge on any atom is 0.433 e. The smallest absolute Gasteiger partial charge is 0.335 e. The number of nitrogens with one attached hydrogen (secondary N) is 1. The molecule has 1 saturated heterocycles. The van der Waals surface area contributed by atoms with Crippen molar-refractivity contribution >= 4 is 29.2 Å². The number of nitrogens with zero attached hydrogens (tertiary/aromatic N) is 3. The van der Waals surface area contributed by atoms with E-state index in [0.717, 1.165) is 4.90 Å². The molecule has 2 amide bonds. The predicted molar refractivity (Wildman–Crippen MR) is 62.0 cm³/mol. The molecule has 10 heteroatoms. The third-order valence-electron chi connectivity index (χ3n) is 2.69. The summed E-state index contributed by atoms with van der Waals surface area (Å²) >= 11 is 5.46. The van der Waals surface area contributed by atoms with E-state index < -0.39 is 35.0 Å². The van der Waals surface area contributed by atoms with Gasteiger partial charge in [-0.15, -0.1) is 0 Å². The van der Waals surface area contributed by atoms with E-state index in [9.17, 15) is 22.8 Å². The molecule has 0 spiro atoms. The highest BCUT2D eigenvalue weighted by Gasteiger charge is 2.36. The van der Waals surface area contributed by atoms with Gasteiger partial charge >= 0.3 is 6.18 Å². The fraction of sp³-hybridized carbons (Fsp3) is 0.400. The number of hydrogen-bond acceptors (Lipinski definition) is 5. The van der Waals surface area contributed by atoms with Gasteiger partial charge in [-0.2, -0.15) is 13.2 Å². The van der Waals surface area contributed by atoms with Crippen LogP contribution in [0.3, 0.4) is 0 Å². The average molecular weight is 309 g/mol. The van der Waals surface area contributed by atoms with Crippen molar-refractivity contribution in [3.8, 4) is 0 Å². The molecule has 1 N–H and O–H groups in total. The van der Waals surface area contributed by atoms with Gasteiger partial charge in [-0.25, -0.2) is 9.97 Å². The lowest BCUT2D eigenvalue weighted by atomic mass is 10.2. The monoisotopic (exact) mass is 308 g/mol. The Morgan fingerprint density at radius 3 is 2.65 bits per heavy atom. The summed E-state index contributed by atoms with van der Waals surface area (Å²) in [5, 5.41) is 1.46. The molecule has 2 heterocycles. The number of hydrogen-bond donors (Lipinski definition) is 1. The van der Waals surface area contributed by atoms with Crippen LogP contribution in [-0.4, -0.2) is 34.4 Å². The zero-order valence-corrected chi connectivity index (χ0v) is 10.8. The quantitative estimate of drug-likeness (QED) is 0.619. The highest BCUT2D eigenvalue weighted by molar-refractivity contribution is 6.28. The van der Waals surface area contributed by atoms with Crippen LogP contribution in [0, 0.1) is 0 Å². The van der Waals surface area contributed by atoms with Gasteiger partial charge in [0.15, 0.2) is 5.69 Å². The van der Waals surface area contributed by atoms with Gasteiger partial charge in [0, 0.05) is 6.07 Å². The molecule has 1 atom stereocenters. The van der Waals surface area contributed by atoms with E-state index in [-0.39, 0.29) is 12.4 Å². The number of amides is 2. The van der Waals surface area contributed by atoms with Crippen LogP contribution in [0.2, 0.25) is 5.28 Å². The van der Waals surface area contributed by atoms with Crippen molar-refractivity contribution < 1.29 is 22.8 Å². The Morgan fingerprint density at radius 1 is 1.40 bits per heavy atom. The molecule has 1 aromatic rings. The zero-order valence-electron chi connectivity index (χ0n) is 10.0. The number of imide groups is 1. The molecule has 2 rings (SSSR count). The first-order chi connectivity index (χ1) is 9.18. The van der Waals surface area contributed by atoms with Gasteiger partial charge in [0.1, 0.15) is 11.9 Å². The van der Waals surface area contributed by atoms with E-state index in [0.29, 0.717) is 6.07 Å². The van der Waals surface area contributed by atoms with E-state index >= 15 is 0 Å². The molecule has 0 bridgehead atoms. The predicted octanol–water partition coefficient (Wildman–Crippen LogP) is 1.00. The number of aromatic nitrogens is 2. The number of rotatable bonds is 1. The lowest BCUT2D eigenvalue weighted by molar-refractivity contribution is -0.141. The number of alkyl halides is 3. The third kappa shape index (κ3) is 2.82. The summed E-state index contributed by atoms with van der Waals surface area (Å²) in [6.45, 7) is 1.14. The number of carbonyl (C=O) groups is 2. The van der Waals surface area contributed by atoms with Crippen molar-refractivity contribution in [1.82, 2.24) is 15.3 Å². The van der Waals surface area contributed by atoms with Crippen LogP contribution in [0.15, 0.2) is 6.07 Å². The van der Waals surface area contributed by atoms with Crippen molar-refractivity contribution in [1.29, 1.82) is 0 Å². The van der Waals surface area contributed by atoms with Crippen LogP contribution in [0.4, 0.5) is 19.0 Å². The van der Waals surface area contributed by atoms with Gasteiger partial charge < -0.3 is 4.90 Å². The molecule has 6 nitrogen and oxygen atoms in total. The van der Waals surface area contributed by atoms with E-state index in [4.69, 9.17) is 11.6 Å². The molecule has 0 radical (unpaired) electrons. The van der Waals surface area contributed by atoms with Crippen molar-refractivity contribution in [3.63, 3.8) is 0 Å². The molecule has 1 aliphatic rings. The minimum absolute atomic E-state index is 0.229. The highest BCUT2D eigenvalue weighted by atomic mass is 35.5. The first-order valence-corrected chi connectivity index (χ1v) is 5.78. The molecule has 0 aromatic carbocycles. The summed E-state index contributed by atoms with van der Waals surface area (Å²) in [6.07, 6.45) is -4.70. The largest absolute Gasteiger partial charge is 0.433 e. The Balaban J connectivity index is 2.44. The lowest BCUT2D eigenvalue weighted by Crippen LogP contribution is -2.57. The maximum atomic E-state index is 12.7. The number of halogens is 4. The maximum absolute atomic E-state index is 12.7. The minimum atomic E-state index is -4.70. The Bertz CT molecular complexity index is 578. The Hall–Kier alpha value is -1.90. The summed E-state index contributed by atoms with van der Waals surface area (Å²) in [4.78, 5) is 30.6. The standard InChI is InChI=1S/C10H8ClF3N4O2/c1-4-8(20)17-7(19)3-18(4)6-2-5(10(12,13)14)15-9(11)16-6/h2,4H,3H2,1H3,(H,17,19,20). The van der Waals surface area contributed by atoms with Crippen LogP contribution in [0.25, 0.3) is 0 Å². The van der Waals surface area contributed by atoms with Crippen LogP contribution < -0.4 is 10.2 Å². The van der Waals surface area contributed by atoms with Gasteiger partial charge in [0.2, 0.25) is 17.1 Å². The van der Waals surface area contributed by atoms with Crippen molar-refractivity contribution in [3.05, 3.63) is 17.0 Å². The van der Waals surface area contributed by atoms with Crippen LogP contribution in [0.1, 0.15) is 12.6 Å². The Labute approximate surface area is 115 Å². The van der Waals surface area contributed by atoms with Crippen molar-refractivity contribution in [2.45, 2.75) is 19.1 Å². The normalized spacial score (nSPS) is 20.1. The summed E-state index contributed by atoms with van der Waals surface area (Å²) in [6, 6.07) is -0.200. The number of anilines is 1. The molecule has 0 saturated carbocycles. The molecule has 0 aliphatic carbocycles. The molecule has 1 aliphatic heterocycles. The highest BCUT2D eigenvalue weighted by Crippen LogP contribution is 2.31. The summed E-state index contributed by atoms with van der Waals surface area (Å²) < 4.78 is 38.0. The first-order valence-electron chi connectivity index (χ1n) is 5.40. The SMILES string of the molecule is CC1C(=O)NC(=O)CN1c1cc(C(F)(F)F)nc(Cl)n1. The Kier molecular flexibility index (Phi) is 3.55.